The Labute approximate surface area is 157 Å². The summed E-state index contributed by atoms with van der Waals surface area (Å²) in [6.07, 6.45) is 0. The molecule has 4 heteroatoms. The van der Waals surface area contributed by atoms with E-state index in [1.54, 1.807) is 0 Å². The number of esters is 1. The molecule has 0 radical (unpaired) electrons. The zero-order chi connectivity index (χ0) is 18.7. The summed E-state index contributed by atoms with van der Waals surface area (Å²) < 4.78 is 5.85. The molecule has 1 aliphatic heterocycles. The number of carbonyl (C=O) groups excluding carboxylic acids is 1. The van der Waals surface area contributed by atoms with Crippen LogP contribution in [0.4, 0.5) is 0 Å². The first-order valence-electron chi connectivity index (χ1n) is 8.74. The summed E-state index contributed by atoms with van der Waals surface area (Å²) in [4.78, 5) is 21.7. The van der Waals surface area contributed by atoms with Crippen molar-refractivity contribution in [1.82, 2.24) is 0 Å². The van der Waals surface area contributed by atoms with E-state index in [1.807, 2.05) is 91.0 Å². The molecule has 1 heterocycles. The molecule has 0 spiro atoms. The summed E-state index contributed by atoms with van der Waals surface area (Å²) in [5, 5.41) is 0. The van der Waals surface area contributed by atoms with Gasteiger partial charge in [0.25, 0.3) is 5.72 Å². The first kappa shape index (κ1) is 16.9. The third kappa shape index (κ3) is 3.17. The number of aliphatic imine (C=N–C) groups is 2. The molecule has 0 aromatic heterocycles. The van der Waals surface area contributed by atoms with Crippen LogP contribution in [0.1, 0.15) is 23.6 Å². The van der Waals surface area contributed by atoms with Crippen molar-refractivity contribution in [2.45, 2.75) is 12.6 Å². The highest BCUT2D eigenvalue weighted by molar-refractivity contribution is 6.20. The number of hydrogen-bond acceptors (Lipinski definition) is 4. The zero-order valence-electron chi connectivity index (χ0n) is 14.9. The number of ether oxygens (including phenoxy) is 1. The fraction of sp³-hybridized carbons (Fsp3) is 0.0870. The van der Waals surface area contributed by atoms with E-state index in [1.165, 1.54) is 6.92 Å². The summed E-state index contributed by atoms with van der Waals surface area (Å²) in [6.45, 7) is 1.39. The van der Waals surface area contributed by atoms with Gasteiger partial charge >= 0.3 is 5.97 Å². The van der Waals surface area contributed by atoms with Crippen LogP contribution in [0.3, 0.4) is 0 Å². The van der Waals surface area contributed by atoms with Crippen LogP contribution in [0.2, 0.25) is 0 Å². The number of nitrogens with zero attached hydrogens (tertiary/aromatic N) is 2. The second-order valence-corrected chi connectivity index (χ2v) is 6.23. The zero-order valence-corrected chi connectivity index (χ0v) is 14.9. The fourth-order valence-corrected chi connectivity index (χ4v) is 3.18. The second-order valence-electron chi connectivity index (χ2n) is 6.23. The first-order chi connectivity index (χ1) is 13.2. The summed E-state index contributed by atoms with van der Waals surface area (Å²) in [7, 11) is 0. The molecule has 4 rings (SSSR count). The van der Waals surface area contributed by atoms with E-state index in [2.05, 4.69) is 0 Å². The summed E-state index contributed by atoms with van der Waals surface area (Å²) in [5.41, 5.74) is 1.78. The van der Waals surface area contributed by atoms with Gasteiger partial charge in [-0.1, -0.05) is 91.0 Å². The molecule has 0 fully saturated rings. The van der Waals surface area contributed by atoms with Crippen molar-refractivity contribution in [3.05, 3.63) is 108 Å². The van der Waals surface area contributed by atoms with Gasteiger partial charge in [-0.05, 0) is 0 Å². The Morgan fingerprint density at radius 3 is 1.85 bits per heavy atom. The van der Waals surface area contributed by atoms with Crippen LogP contribution in [0, 0.1) is 0 Å². The summed E-state index contributed by atoms with van der Waals surface area (Å²) in [6, 6.07) is 28.9. The Balaban J connectivity index is 1.96. The molecule has 0 saturated heterocycles. The van der Waals surface area contributed by atoms with Crippen molar-refractivity contribution < 1.29 is 9.53 Å². The van der Waals surface area contributed by atoms with Gasteiger partial charge in [0, 0.05) is 23.6 Å². The molecule has 3 aromatic carbocycles. The SMILES string of the molecule is CC(=O)OC1(c2ccccc2)N=C(c2ccccc2)N=C1c1ccccc1. The number of amidine groups is 1. The average Bonchev–Trinajstić information content (AvgIpc) is 3.10. The Kier molecular flexibility index (Phi) is 4.38. The maximum absolute atomic E-state index is 12.1. The van der Waals surface area contributed by atoms with Gasteiger partial charge in [-0.15, -0.1) is 0 Å². The lowest BCUT2D eigenvalue weighted by Gasteiger charge is -2.28. The van der Waals surface area contributed by atoms with E-state index in [9.17, 15) is 4.79 Å². The summed E-state index contributed by atoms with van der Waals surface area (Å²) >= 11 is 0. The highest BCUT2D eigenvalue weighted by Gasteiger charge is 2.46. The van der Waals surface area contributed by atoms with Gasteiger partial charge in [0.2, 0.25) is 0 Å². The standard InChI is InChI=1S/C23H18N2O2/c1-17(26)27-23(20-15-9-4-10-16-20)21(18-11-5-2-6-12-18)24-22(25-23)19-13-7-3-8-14-19/h2-16H,1H3. The molecular weight excluding hydrogens is 336 g/mol. The predicted octanol–water partition coefficient (Wildman–Crippen LogP) is 4.35. The van der Waals surface area contributed by atoms with Crippen LogP contribution < -0.4 is 0 Å². The largest absolute Gasteiger partial charge is 0.427 e. The molecular formula is C23H18N2O2. The van der Waals surface area contributed by atoms with Crippen LogP contribution in [0.15, 0.2) is 101 Å². The molecule has 1 aliphatic rings. The minimum absolute atomic E-state index is 0.416. The van der Waals surface area contributed by atoms with E-state index in [-0.39, 0.29) is 0 Å². The van der Waals surface area contributed by atoms with Crippen molar-refractivity contribution in [3.8, 4) is 0 Å². The lowest BCUT2D eigenvalue weighted by Crippen LogP contribution is -2.37. The Morgan fingerprint density at radius 1 is 0.778 bits per heavy atom. The van der Waals surface area contributed by atoms with E-state index < -0.39 is 11.7 Å². The second kappa shape index (κ2) is 7.00. The smallest absolute Gasteiger partial charge is 0.305 e. The van der Waals surface area contributed by atoms with Gasteiger partial charge in [0.1, 0.15) is 5.71 Å². The molecule has 0 aliphatic carbocycles. The van der Waals surface area contributed by atoms with Crippen LogP contribution in [-0.4, -0.2) is 17.5 Å². The molecule has 0 bridgehead atoms. The maximum atomic E-state index is 12.1. The van der Waals surface area contributed by atoms with Gasteiger partial charge in [-0.25, -0.2) is 9.98 Å². The van der Waals surface area contributed by atoms with Gasteiger partial charge in [-0.3, -0.25) is 4.79 Å². The number of carbonyl (C=O) groups is 1. The van der Waals surface area contributed by atoms with E-state index in [4.69, 9.17) is 14.7 Å². The average molecular weight is 354 g/mol. The lowest BCUT2D eigenvalue weighted by molar-refractivity contribution is -0.150. The van der Waals surface area contributed by atoms with Crippen molar-refractivity contribution in [3.63, 3.8) is 0 Å². The Bertz CT molecular complexity index is 1010. The predicted molar refractivity (Wildman–Crippen MR) is 106 cm³/mol. The van der Waals surface area contributed by atoms with Crippen LogP contribution in [-0.2, 0) is 15.3 Å². The van der Waals surface area contributed by atoms with Gasteiger partial charge in [-0.2, -0.15) is 0 Å². The molecule has 27 heavy (non-hydrogen) atoms. The molecule has 0 amide bonds. The molecule has 1 unspecified atom stereocenters. The molecule has 0 saturated carbocycles. The van der Waals surface area contributed by atoms with E-state index in [0.717, 1.165) is 16.7 Å². The minimum atomic E-state index is -1.31. The molecule has 1 atom stereocenters. The maximum Gasteiger partial charge on any atom is 0.305 e. The molecule has 0 N–H and O–H groups in total. The molecule has 3 aromatic rings. The molecule has 4 nitrogen and oxygen atoms in total. The minimum Gasteiger partial charge on any atom is -0.427 e. The quantitative estimate of drug-likeness (QED) is 0.654. The van der Waals surface area contributed by atoms with Gasteiger partial charge < -0.3 is 4.74 Å². The van der Waals surface area contributed by atoms with E-state index in [0.29, 0.717) is 11.5 Å². The van der Waals surface area contributed by atoms with E-state index >= 15 is 0 Å². The first-order valence-corrected chi connectivity index (χ1v) is 8.74. The number of rotatable bonds is 4. The van der Waals surface area contributed by atoms with Crippen molar-refractivity contribution >= 4 is 17.5 Å². The lowest BCUT2D eigenvalue weighted by atomic mass is 9.93. The third-order valence-electron chi connectivity index (χ3n) is 4.34. The highest BCUT2D eigenvalue weighted by Crippen LogP contribution is 2.37. The monoisotopic (exact) mass is 354 g/mol. The molecule has 132 valence electrons. The highest BCUT2D eigenvalue weighted by atomic mass is 16.6. The third-order valence-corrected chi connectivity index (χ3v) is 4.34. The van der Waals surface area contributed by atoms with Crippen LogP contribution in [0.5, 0.6) is 0 Å². The van der Waals surface area contributed by atoms with Crippen molar-refractivity contribution in [2.75, 3.05) is 0 Å². The topological polar surface area (TPSA) is 51.0 Å². The van der Waals surface area contributed by atoms with Crippen molar-refractivity contribution in [2.24, 2.45) is 9.98 Å². The Hall–Kier alpha value is -3.53. The van der Waals surface area contributed by atoms with Crippen molar-refractivity contribution in [1.29, 1.82) is 0 Å². The number of hydrogen-bond donors (Lipinski definition) is 0. The van der Waals surface area contributed by atoms with Crippen LogP contribution in [0.25, 0.3) is 0 Å². The fourth-order valence-electron chi connectivity index (χ4n) is 3.18. The van der Waals surface area contributed by atoms with Crippen LogP contribution >= 0.6 is 0 Å². The number of benzene rings is 3. The van der Waals surface area contributed by atoms with Gasteiger partial charge in [0.15, 0.2) is 5.84 Å². The normalized spacial score (nSPS) is 18.6. The van der Waals surface area contributed by atoms with Gasteiger partial charge in [0.05, 0.1) is 0 Å². The summed E-state index contributed by atoms with van der Waals surface area (Å²) in [5.74, 6) is 0.125. The Morgan fingerprint density at radius 2 is 1.30 bits per heavy atom.